The highest BCUT2D eigenvalue weighted by Crippen LogP contribution is 2.16. The molecule has 1 amide bonds. The van der Waals surface area contributed by atoms with Gasteiger partial charge in [0.15, 0.2) is 0 Å². The second-order valence-corrected chi connectivity index (χ2v) is 6.93. The van der Waals surface area contributed by atoms with Crippen LogP contribution < -0.4 is 5.32 Å². The summed E-state index contributed by atoms with van der Waals surface area (Å²) in [6.45, 7) is 4.07. The second kappa shape index (κ2) is 8.99. The summed E-state index contributed by atoms with van der Waals surface area (Å²) in [5.74, 6) is -1.25. The number of piperidine rings is 1. The lowest BCUT2D eigenvalue weighted by Crippen LogP contribution is -2.44. The molecule has 27 heavy (non-hydrogen) atoms. The number of hydrogen-bond donors (Lipinski definition) is 1. The van der Waals surface area contributed by atoms with Crippen molar-refractivity contribution in [2.45, 2.75) is 45.2 Å². The van der Waals surface area contributed by atoms with Gasteiger partial charge in [-0.2, -0.15) is 0 Å². The highest BCUT2D eigenvalue weighted by molar-refractivity contribution is 5.95. The number of amides is 1. The molecule has 1 N–H and O–H groups in total. The van der Waals surface area contributed by atoms with Crippen LogP contribution in [0.1, 0.15) is 47.8 Å². The molecule has 0 aliphatic carbocycles. The summed E-state index contributed by atoms with van der Waals surface area (Å²) in [6.07, 6.45) is 6.28. The molecule has 0 bridgehead atoms. The number of hydrogen-bond acceptors (Lipinski definition) is 4. The molecular formula is C20H24F2N4O. The standard InChI is InChI=1S/C20H24F2N4O/c1-2-3-19-18(11-23-13-24-19)20(27)25-17-4-6-26(7-5-17)12-14-8-15(21)10-16(22)9-14/h8-11,13,17H,2-7,12H2,1H3,(H,25,27). The van der Waals surface area contributed by atoms with Gasteiger partial charge in [0.05, 0.1) is 11.3 Å². The molecule has 1 saturated heterocycles. The first-order valence-corrected chi connectivity index (χ1v) is 9.32. The Morgan fingerprint density at radius 2 is 1.93 bits per heavy atom. The fourth-order valence-corrected chi connectivity index (χ4v) is 3.44. The van der Waals surface area contributed by atoms with E-state index in [0.29, 0.717) is 17.7 Å². The van der Waals surface area contributed by atoms with Gasteiger partial charge in [-0.3, -0.25) is 9.69 Å². The van der Waals surface area contributed by atoms with Gasteiger partial charge in [-0.15, -0.1) is 0 Å². The maximum Gasteiger partial charge on any atom is 0.254 e. The van der Waals surface area contributed by atoms with E-state index in [1.807, 2.05) is 6.92 Å². The van der Waals surface area contributed by atoms with E-state index in [4.69, 9.17) is 0 Å². The van der Waals surface area contributed by atoms with Crippen LogP contribution in [0.15, 0.2) is 30.7 Å². The number of carbonyl (C=O) groups is 1. The fraction of sp³-hybridized carbons (Fsp3) is 0.450. The van der Waals surface area contributed by atoms with E-state index in [1.165, 1.54) is 18.5 Å². The lowest BCUT2D eigenvalue weighted by molar-refractivity contribution is 0.0907. The summed E-state index contributed by atoms with van der Waals surface area (Å²) in [6, 6.07) is 3.68. The van der Waals surface area contributed by atoms with Crippen LogP contribution in [0.3, 0.4) is 0 Å². The molecule has 2 heterocycles. The quantitative estimate of drug-likeness (QED) is 0.844. The summed E-state index contributed by atoms with van der Waals surface area (Å²) < 4.78 is 26.6. The molecule has 1 aromatic carbocycles. The molecular weight excluding hydrogens is 350 g/mol. The Morgan fingerprint density at radius 1 is 1.22 bits per heavy atom. The van der Waals surface area contributed by atoms with Gasteiger partial charge >= 0.3 is 0 Å². The van der Waals surface area contributed by atoms with E-state index in [9.17, 15) is 13.6 Å². The molecule has 144 valence electrons. The third-order valence-electron chi connectivity index (χ3n) is 4.78. The minimum Gasteiger partial charge on any atom is -0.349 e. The van der Waals surface area contributed by atoms with Crippen LogP contribution in [-0.2, 0) is 13.0 Å². The smallest absolute Gasteiger partial charge is 0.254 e. The number of benzene rings is 1. The first kappa shape index (κ1) is 19.4. The molecule has 5 nitrogen and oxygen atoms in total. The minimum atomic E-state index is -0.555. The van der Waals surface area contributed by atoms with Gasteiger partial charge in [0, 0.05) is 37.9 Å². The van der Waals surface area contributed by atoms with Gasteiger partial charge in [0.2, 0.25) is 0 Å². The normalized spacial score (nSPS) is 15.7. The van der Waals surface area contributed by atoms with Gasteiger partial charge in [0.1, 0.15) is 18.0 Å². The Kier molecular flexibility index (Phi) is 6.45. The zero-order valence-electron chi connectivity index (χ0n) is 15.4. The molecule has 0 spiro atoms. The molecule has 2 aromatic rings. The van der Waals surface area contributed by atoms with Crippen LogP contribution >= 0.6 is 0 Å². The van der Waals surface area contributed by atoms with Gasteiger partial charge in [-0.1, -0.05) is 13.3 Å². The molecule has 1 aliphatic rings. The highest BCUT2D eigenvalue weighted by Gasteiger charge is 2.22. The van der Waals surface area contributed by atoms with Crippen molar-refractivity contribution in [3.63, 3.8) is 0 Å². The molecule has 7 heteroatoms. The van der Waals surface area contributed by atoms with Crippen molar-refractivity contribution in [2.75, 3.05) is 13.1 Å². The van der Waals surface area contributed by atoms with Gasteiger partial charge in [0.25, 0.3) is 5.91 Å². The minimum absolute atomic E-state index is 0.0766. The van der Waals surface area contributed by atoms with Crippen LogP contribution in [0.4, 0.5) is 8.78 Å². The largest absolute Gasteiger partial charge is 0.349 e. The maximum atomic E-state index is 13.3. The van der Waals surface area contributed by atoms with Crippen LogP contribution in [0.2, 0.25) is 0 Å². The molecule has 3 rings (SSSR count). The van der Waals surface area contributed by atoms with Crippen LogP contribution in [0.25, 0.3) is 0 Å². The molecule has 1 fully saturated rings. The summed E-state index contributed by atoms with van der Waals surface area (Å²) in [4.78, 5) is 22.9. The summed E-state index contributed by atoms with van der Waals surface area (Å²) in [7, 11) is 0. The predicted octanol–water partition coefficient (Wildman–Crippen LogP) is 3.10. The van der Waals surface area contributed by atoms with Crippen LogP contribution in [0, 0.1) is 11.6 Å². The van der Waals surface area contributed by atoms with Gasteiger partial charge in [-0.25, -0.2) is 18.7 Å². The average molecular weight is 374 g/mol. The van der Waals surface area contributed by atoms with Gasteiger partial charge in [-0.05, 0) is 37.0 Å². The second-order valence-electron chi connectivity index (χ2n) is 6.93. The lowest BCUT2D eigenvalue weighted by Gasteiger charge is -2.32. The van der Waals surface area contributed by atoms with E-state index in [-0.39, 0.29) is 11.9 Å². The zero-order valence-corrected chi connectivity index (χ0v) is 15.4. The number of aryl methyl sites for hydroxylation is 1. The average Bonchev–Trinajstić information content (AvgIpc) is 2.63. The van der Waals surface area contributed by atoms with Gasteiger partial charge < -0.3 is 5.32 Å². The Bertz CT molecular complexity index is 771. The third-order valence-corrected chi connectivity index (χ3v) is 4.78. The van der Waals surface area contributed by atoms with Crippen LogP contribution in [0.5, 0.6) is 0 Å². The fourth-order valence-electron chi connectivity index (χ4n) is 3.44. The molecule has 1 aromatic heterocycles. The summed E-state index contributed by atoms with van der Waals surface area (Å²) >= 11 is 0. The molecule has 0 atom stereocenters. The molecule has 1 aliphatic heterocycles. The SMILES string of the molecule is CCCc1ncncc1C(=O)NC1CCN(Cc2cc(F)cc(F)c2)CC1. The predicted molar refractivity (Wildman–Crippen MR) is 98.2 cm³/mol. The monoisotopic (exact) mass is 374 g/mol. The highest BCUT2D eigenvalue weighted by atomic mass is 19.1. The Labute approximate surface area is 157 Å². The first-order valence-electron chi connectivity index (χ1n) is 9.32. The van der Waals surface area contributed by atoms with E-state index < -0.39 is 11.6 Å². The van der Waals surface area contributed by atoms with E-state index in [1.54, 1.807) is 6.20 Å². The number of rotatable bonds is 6. The van der Waals surface area contributed by atoms with Crippen molar-refractivity contribution in [1.29, 1.82) is 0 Å². The van der Waals surface area contributed by atoms with E-state index in [0.717, 1.165) is 50.5 Å². The number of aromatic nitrogens is 2. The van der Waals surface area contributed by atoms with Crippen molar-refractivity contribution in [3.8, 4) is 0 Å². The number of halogens is 2. The number of carbonyl (C=O) groups excluding carboxylic acids is 1. The molecule has 0 saturated carbocycles. The van der Waals surface area contributed by atoms with Crippen molar-refractivity contribution in [1.82, 2.24) is 20.2 Å². The molecule has 0 unspecified atom stereocenters. The molecule has 0 radical (unpaired) electrons. The van der Waals surface area contributed by atoms with Crippen molar-refractivity contribution in [3.05, 3.63) is 59.2 Å². The Balaban J connectivity index is 1.53. The summed E-state index contributed by atoms with van der Waals surface area (Å²) in [5.41, 5.74) is 1.94. The van der Waals surface area contributed by atoms with Crippen molar-refractivity contribution < 1.29 is 13.6 Å². The number of nitrogens with zero attached hydrogens (tertiary/aromatic N) is 3. The first-order chi connectivity index (χ1) is 13.0. The number of likely N-dealkylation sites (tertiary alicyclic amines) is 1. The Hall–Kier alpha value is -2.41. The van der Waals surface area contributed by atoms with Crippen LogP contribution in [-0.4, -0.2) is 39.9 Å². The van der Waals surface area contributed by atoms with Crippen molar-refractivity contribution >= 4 is 5.91 Å². The Morgan fingerprint density at radius 3 is 2.59 bits per heavy atom. The lowest BCUT2D eigenvalue weighted by atomic mass is 10.0. The summed E-state index contributed by atoms with van der Waals surface area (Å²) in [5, 5.41) is 3.07. The van der Waals surface area contributed by atoms with E-state index in [2.05, 4.69) is 20.2 Å². The zero-order chi connectivity index (χ0) is 19.2. The van der Waals surface area contributed by atoms with E-state index >= 15 is 0 Å². The third kappa shape index (κ3) is 5.29. The maximum absolute atomic E-state index is 13.3. The number of nitrogens with one attached hydrogen (secondary N) is 1. The van der Waals surface area contributed by atoms with Crippen molar-refractivity contribution in [2.24, 2.45) is 0 Å². The topological polar surface area (TPSA) is 58.1 Å².